The van der Waals surface area contributed by atoms with Gasteiger partial charge in [0, 0.05) is 17.7 Å². The molecule has 0 spiro atoms. The summed E-state index contributed by atoms with van der Waals surface area (Å²) in [5.41, 5.74) is 13.6. The fourth-order valence-corrected chi connectivity index (χ4v) is 6.85. The molecule has 6 heteroatoms. The zero-order valence-electron chi connectivity index (χ0n) is 18.8. The average Bonchev–Trinajstić information content (AvgIpc) is 2.78. The summed E-state index contributed by atoms with van der Waals surface area (Å²) >= 11 is 0. The molecule has 4 aliphatic rings. The van der Waals surface area contributed by atoms with Crippen LogP contribution < -0.4 is 20.9 Å². The second-order valence-corrected chi connectivity index (χ2v) is 10.2. The molecule has 34 heavy (non-hydrogen) atoms. The molecule has 7 rings (SSSR count). The van der Waals surface area contributed by atoms with Crippen LogP contribution in [0.15, 0.2) is 54.6 Å². The summed E-state index contributed by atoms with van der Waals surface area (Å²) in [4.78, 5) is 0. The van der Waals surface area contributed by atoms with E-state index in [1.54, 1.807) is 6.07 Å². The van der Waals surface area contributed by atoms with Gasteiger partial charge in [-0.1, -0.05) is 0 Å². The number of nitrogens with two attached hydrogens (primary N) is 2. The summed E-state index contributed by atoms with van der Waals surface area (Å²) in [7, 11) is 0. The minimum Gasteiger partial charge on any atom is -0.455 e. The second-order valence-electron chi connectivity index (χ2n) is 10.2. The summed E-state index contributed by atoms with van der Waals surface area (Å²) < 4.78 is 39.4. The molecule has 0 saturated heterocycles. The SMILES string of the molecule is Nc1cc(F)ccc1Oc1ccc(Oc2ccc(F)cc2N)c(C2C3CC4CC(C3)CC2C4)c1. The molecule has 0 aliphatic heterocycles. The van der Waals surface area contributed by atoms with E-state index in [9.17, 15) is 8.78 Å². The van der Waals surface area contributed by atoms with Gasteiger partial charge in [-0.15, -0.1) is 0 Å². The largest absolute Gasteiger partial charge is 0.455 e. The van der Waals surface area contributed by atoms with E-state index in [4.69, 9.17) is 20.9 Å². The van der Waals surface area contributed by atoms with Crippen molar-refractivity contribution in [1.29, 1.82) is 0 Å². The van der Waals surface area contributed by atoms with Crippen molar-refractivity contribution in [3.8, 4) is 23.0 Å². The van der Waals surface area contributed by atoms with E-state index in [2.05, 4.69) is 0 Å². The summed E-state index contributed by atoms with van der Waals surface area (Å²) in [6, 6.07) is 14.0. The van der Waals surface area contributed by atoms with Crippen molar-refractivity contribution in [3.63, 3.8) is 0 Å². The highest BCUT2D eigenvalue weighted by Crippen LogP contribution is 2.61. The number of nitrogen functional groups attached to an aromatic ring is 2. The number of hydrogen-bond acceptors (Lipinski definition) is 4. The molecule has 4 nitrogen and oxygen atoms in total. The molecule has 0 aromatic heterocycles. The van der Waals surface area contributed by atoms with Gasteiger partial charge < -0.3 is 20.9 Å². The third-order valence-electron chi connectivity index (χ3n) is 7.96. The first-order valence-corrected chi connectivity index (χ1v) is 12.0. The van der Waals surface area contributed by atoms with Crippen molar-refractivity contribution < 1.29 is 18.3 Å². The van der Waals surface area contributed by atoms with Crippen LogP contribution in [0.2, 0.25) is 0 Å². The maximum atomic E-state index is 13.6. The van der Waals surface area contributed by atoms with Gasteiger partial charge in [0.2, 0.25) is 0 Å². The molecule has 0 unspecified atom stereocenters. The Bertz CT molecular complexity index is 1220. The van der Waals surface area contributed by atoms with Crippen molar-refractivity contribution in [2.75, 3.05) is 11.5 Å². The molecule has 0 atom stereocenters. The fourth-order valence-electron chi connectivity index (χ4n) is 6.85. The monoisotopic (exact) mass is 462 g/mol. The zero-order chi connectivity index (χ0) is 23.4. The van der Waals surface area contributed by atoms with Crippen LogP contribution in [0.3, 0.4) is 0 Å². The molecular weight excluding hydrogens is 434 g/mol. The Morgan fingerprint density at radius 1 is 0.618 bits per heavy atom. The minimum absolute atomic E-state index is 0.246. The second kappa shape index (κ2) is 8.19. The minimum atomic E-state index is -0.403. The molecule has 3 aromatic rings. The van der Waals surface area contributed by atoms with E-state index >= 15 is 0 Å². The molecule has 3 aromatic carbocycles. The Labute approximate surface area is 197 Å². The van der Waals surface area contributed by atoms with Crippen LogP contribution >= 0.6 is 0 Å². The van der Waals surface area contributed by atoms with Crippen molar-refractivity contribution in [2.45, 2.75) is 38.0 Å². The first kappa shape index (κ1) is 21.3. The van der Waals surface area contributed by atoms with Gasteiger partial charge in [0.25, 0.3) is 0 Å². The van der Waals surface area contributed by atoms with Crippen molar-refractivity contribution in [1.82, 2.24) is 0 Å². The lowest BCUT2D eigenvalue weighted by molar-refractivity contribution is -0.00339. The molecule has 176 valence electrons. The van der Waals surface area contributed by atoms with Crippen molar-refractivity contribution in [2.24, 2.45) is 23.7 Å². The van der Waals surface area contributed by atoms with E-state index in [1.807, 2.05) is 18.2 Å². The molecule has 0 amide bonds. The zero-order valence-corrected chi connectivity index (χ0v) is 18.8. The number of hydrogen-bond donors (Lipinski definition) is 2. The normalized spacial score (nSPS) is 27.1. The number of anilines is 2. The number of ether oxygens (including phenoxy) is 2. The van der Waals surface area contributed by atoms with E-state index in [0.717, 1.165) is 23.1 Å². The summed E-state index contributed by atoms with van der Waals surface area (Å²) in [6.45, 7) is 0. The molecule has 4 N–H and O–H groups in total. The Morgan fingerprint density at radius 2 is 1.15 bits per heavy atom. The molecule has 0 heterocycles. The average molecular weight is 463 g/mol. The first-order valence-electron chi connectivity index (χ1n) is 12.0. The Balaban J connectivity index is 1.38. The standard InChI is InChI=1S/C28H28F2N2O2/c29-19-1-4-26(23(31)12-19)33-21-3-6-25(34-27-5-2-20(30)13-24(27)32)22(14-21)28-17-8-15-7-16(10-17)11-18(28)9-15/h1-6,12-18,28H,7-11,31-32H2. The fraction of sp³-hybridized carbons (Fsp3) is 0.357. The topological polar surface area (TPSA) is 70.5 Å². The van der Waals surface area contributed by atoms with Gasteiger partial charge in [0.1, 0.15) is 23.1 Å². The molecule has 4 saturated carbocycles. The van der Waals surface area contributed by atoms with Gasteiger partial charge in [-0.2, -0.15) is 0 Å². The maximum absolute atomic E-state index is 13.6. The predicted octanol–water partition coefficient (Wildman–Crippen LogP) is 7.25. The lowest BCUT2D eigenvalue weighted by Crippen LogP contribution is -2.43. The number of rotatable bonds is 5. The van der Waals surface area contributed by atoms with Crippen LogP contribution in [0.4, 0.5) is 20.2 Å². The molecular formula is C28H28F2N2O2. The summed E-state index contributed by atoms with van der Waals surface area (Å²) in [5.74, 6) is 4.69. The van der Waals surface area contributed by atoms with Crippen LogP contribution in [-0.4, -0.2) is 0 Å². The van der Waals surface area contributed by atoms with Gasteiger partial charge in [-0.05, 0) is 104 Å². The van der Waals surface area contributed by atoms with Crippen molar-refractivity contribution >= 4 is 11.4 Å². The Morgan fingerprint density at radius 3 is 1.71 bits per heavy atom. The third-order valence-corrected chi connectivity index (χ3v) is 7.96. The molecule has 4 bridgehead atoms. The van der Waals surface area contributed by atoms with Gasteiger partial charge >= 0.3 is 0 Å². The van der Waals surface area contributed by atoms with Crippen LogP contribution in [0, 0.1) is 35.3 Å². The quantitative estimate of drug-likeness (QED) is 0.392. The lowest BCUT2D eigenvalue weighted by Gasteiger charge is -2.54. The van der Waals surface area contributed by atoms with Crippen LogP contribution in [0.1, 0.15) is 43.6 Å². The summed E-state index contributed by atoms with van der Waals surface area (Å²) in [5, 5.41) is 0. The molecule has 4 aliphatic carbocycles. The highest BCUT2D eigenvalue weighted by Gasteiger charge is 2.49. The van der Waals surface area contributed by atoms with Crippen LogP contribution in [-0.2, 0) is 0 Å². The van der Waals surface area contributed by atoms with E-state index in [1.165, 1.54) is 62.4 Å². The smallest absolute Gasteiger partial charge is 0.150 e. The van der Waals surface area contributed by atoms with E-state index < -0.39 is 11.6 Å². The Kier molecular flexibility index (Phi) is 5.12. The van der Waals surface area contributed by atoms with Crippen LogP contribution in [0.25, 0.3) is 0 Å². The summed E-state index contributed by atoms with van der Waals surface area (Å²) in [6.07, 6.45) is 6.40. The predicted molar refractivity (Wildman–Crippen MR) is 128 cm³/mol. The first-order chi connectivity index (χ1) is 16.4. The highest BCUT2D eigenvalue weighted by molar-refractivity contribution is 5.57. The van der Waals surface area contributed by atoms with E-state index in [0.29, 0.717) is 35.0 Å². The van der Waals surface area contributed by atoms with Crippen molar-refractivity contribution in [3.05, 3.63) is 71.8 Å². The van der Waals surface area contributed by atoms with Crippen LogP contribution in [0.5, 0.6) is 23.0 Å². The maximum Gasteiger partial charge on any atom is 0.150 e. The van der Waals surface area contributed by atoms with Gasteiger partial charge in [0.05, 0.1) is 11.4 Å². The number of halogens is 2. The third kappa shape index (κ3) is 3.85. The molecule has 4 fully saturated rings. The highest BCUT2D eigenvalue weighted by atomic mass is 19.1. The van der Waals surface area contributed by atoms with E-state index in [-0.39, 0.29) is 11.4 Å². The Hall–Kier alpha value is -3.28. The molecule has 0 radical (unpaired) electrons. The number of benzene rings is 3. The van der Waals surface area contributed by atoms with Gasteiger partial charge in [-0.25, -0.2) is 8.78 Å². The lowest BCUT2D eigenvalue weighted by atomic mass is 9.50. The van der Waals surface area contributed by atoms with Gasteiger partial charge in [0.15, 0.2) is 11.5 Å². The van der Waals surface area contributed by atoms with Gasteiger partial charge in [-0.3, -0.25) is 0 Å².